The standard InChI is InChI=1S/C14H18F3N3O/c1-2-3-7-21-8-6-20-12-5-4-10(14(15,16)17)9-11(12)19-13(20)18/h4-5,9H,2-3,6-8H2,1H3,(H2,18,19). The summed E-state index contributed by atoms with van der Waals surface area (Å²) in [5, 5.41) is 0. The fourth-order valence-corrected chi connectivity index (χ4v) is 2.06. The van der Waals surface area contributed by atoms with Gasteiger partial charge in [0.1, 0.15) is 0 Å². The van der Waals surface area contributed by atoms with Crippen LogP contribution < -0.4 is 5.73 Å². The van der Waals surface area contributed by atoms with Crippen LogP contribution in [0.15, 0.2) is 18.2 Å². The van der Waals surface area contributed by atoms with Gasteiger partial charge in [0.25, 0.3) is 0 Å². The first-order valence-corrected chi connectivity index (χ1v) is 6.84. The molecule has 0 saturated carbocycles. The molecule has 0 radical (unpaired) electrons. The second kappa shape index (κ2) is 6.34. The fraction of sp³-hybridized carbons (Fsp3) is 0.500. The van der Waals surface area contributed by atoms with E-state index in [4.69, 9.17) is 10.5 Å². The first kappa shape index (κ1) is 15.6. The minimum Gasteiger partial charge on any atom is -0.380 e. The van der Waals surface area contributed by atoms with E-state index in [9.17, 15) is 13.2 Å². The van der Waals surface area contributed by atoms with Crippen LogP contribution in [-0.2, 0) is 17.5 Å². The average molecular weight is 301 g/mol. The Hall–Kier alpha value is -1.76. The van der Waals surface area contributed by atoms with Crippen molar-refractivity contribution in [1.82, 2.24) is 9.55 Å². The number of hydrogen-bond donors (Lipinski definition) is 1. The molecule has 0 saturated heterocycles. The largest absolute Gasteiger partial charge is 0.416 e. The summed E-state index contributed by atoms with van der Waals surface area (Å²) >= 11 is 0. The van der Waals surface area contributed by atoms with Crippen LogP contribution in [0, 0.1) is 0 Å². The van der Waals surface area contributed by atoms with Crippen LogP contribution in [0.4, 0.5) is 19.1 Å². The van der Waals surface area contributed by atoms with Gasteiger partial charge in [-0.15, -0.1) is 0 Å². The highest BCUT2D eigenvalue weighted by Gasteiger charge is 2.31. The van der Waals surface area contributed by atoms with Crippen molar-refractivity contribution in [1.29, 1.82) is 0 Å². The van der Waals surface area contributed by atoms with Crippen molar-refractivity contribution >= 4 is 17.0 Å². The Kier molecular flexibility index (Phi) is 4.72. The second-order valence-corrected chi connectivity index (χ2v) is 4.79. The number of rotatable bonds is 6. The summed E-state index contributed by atoms with van der Waals surface area (Å²) in [6.45, 7) is 3.66. The van der Waals surface area contributed by atoms with Crippen molar-refractivity contribution < 1.29 is 17.9 Å². The van der Waals surface area contributed by atoms with Crippen LogP contribution in [-0.4, -0.2) is 22.8 Å². The zero-order valence-corrected chi connectivity index (χ0v) is 11.8. The Morgan fingerprint density at radius 1 is 1.29 bits per heavy atom. The molecule has 1 heterocycles. The predicted octanol–water partition coefficient (Wildman–Crippen LogP) is 3.45. The van der Waals surface area contributed by atoms with Gasteiger partial charge in [0, 0.05) is 13.2 Å². The normalized spacial score (nSPS) is 12.2. The number of aromatic nitrogens is 2. The smallest absolute Gasteiger partial charge is 0.380 e. The molecule has 0 aliphatic carbocycles. The number of anilines is 1. The lowest BCUT2D eigenvalue weighted by Gasteiger charge is -2.08. The zero-order valence-electron chi connectivity index (χ0n) is 11.8. The molecule has 1 aromatic carbocycles. The quantitative estimate of drug-likeness (QED) is 0.831. The maximum atomic E-state index is 12.7. The van der Waals surface area contributed by atoms with Gasteiger partial charge in [-0.3, -0.25) is 0 Å². The lowest BCUT2D eigenvalue weighted by atomic mass is 10.2. The summed E-state index contributed by atoms with van der Waals surface area (Å²) in [6.07, 6.45) is -2.35. The van der Waals surface area contributed by atoms with Crippen LogP contribution in [0.3, 0.4) is 0 Å². The Morgan fingerprint density at radius 2 is 2.05 bits per heavy atom. The number of benzene rings is 1. The molecule has 0 aliphatic rings. The van der Waals surface area contributed by atoms with E-state index >= 15 is 0 Å². The van der Waals surface area contributed by atoms with Crippen LogP contribution in [0.25, 0.3) is 11.0 Å². The molecule has 0 aliphatic heterocycles. The molecule has 21 heavy (non-hydrogen) atoms. The number of nitrogens with zero attached hydrogens (tertiary/aromatic N) is 2. The molecule has 0 fully saturated rings. The van der Waals surface area contributed by atoms with E-state index in [1.807, 2.05) is 0 Å². The van der Waals surface area contributed by atoms with E-state index in [-0.39, 0.29) is 11.5 Å². The van der Waals surface area contributed by atoms with Gasteiger partial charge < -0.3 is 15.0 Å². The maximum absolute atomic E-state index is 12.7. The van der Waals surface area contributed by atoms with Gasteiger partial charge in [-0.2, -0.15) is 13.2 Å². The van der Waals surface area contributed by atoms with Crippen LogP contribution >= 0.6 is 0 Å². The van der Waals surface area contributed by atoms with Crippen molar-refractivity contribution in [2.45, 2.75) is 32.5 Å². The molecule has 2 rings (SSSR count). The van der Waals surface area contributed by atoms with Gasteiger partial charge in [-0.05, 0) is 24.6 Å². The first-order chi connectivity index (χ1) is 9.93. The summed E-state index contributed by atoms with van der Waals surface area (Å²) in [6, 6.07) is 3.45. The minimum atomic E-state index is -4.38. The summed E-state index contributed by atoms with van der Waals surface area (Å²) in [7, 11) is 0. The van der Waals surface area contributed by atoms with E-state index in [1.54, 1.807) is 4.57 Å². The highest BCUT2D eigenvalue weighted by atomic mass is 19.4. The Morgan fingerprint density at radius 3 is 2.71 bits per heavy atom. The summed E-state index contributed by atoms with van der Waals surface area (Å²) < 4.78 is 45.1. The van der Waals surface area contributed by atoms with Crippen LogP contribution in [0.5, 0.6) is 0 Å². The highest BCUT2D eigenvalue weighted by molar-refractivity contribution is 5.79. The number of nitrogens with two attached hydrogens (primary N) is 1. The van der Waals surface area contributed by atoms with Gasteiger partial charge >= 0.3 is 6.18 Å². The first-order valence-electron chi connectivity index (χ1n) is 6.84. The van der Waals surface area contributed by atoms with E-state index in [0.717, 1.165) is 25.0 Å². The van der Waals surface area contributed by atoms with Crippen molar-refractivity contribution in [3.8, 4) is 0 Å². The third-order valence-corrected chi connectivity index (χ3v) is 3.21. The second-order valence-electron chi connectivity index (χ2n) is 4.79. The number of hydrogen-bond acceptors (Lipinski definition) is 3. The third kappa shape index (κ3) is 3.66. The molecule has 116 valence electrons. The Balaban J connectivity index is 2.15. The van der Waals surface area contributed by atoms with Gasteiger partial charge in [-0.1, -0.05) is 13.3 Å². The van der Waals surface area contributed by atoms with Crippen molar-refractivity contribution in [2.24, 2.45) is 0 Å². The lowest BCUT2D eigenvalue weighted by Crippen LogP contribution is -2.09. The molecule has 2 N–H and O–H groups in total. The maximum Gasteiger partial charge on any atom is 0.416 e. The predicted molar refractivity (Wildman–Crippen MR) is 74.9 cm³/mol. The summed E-state index contributed by atoms with van der Waals surface area (Å²) in [5.74, 6) is 0.198. The summed E-state index contributed by atoms with van der Waals surface area (Å²) in [5.41, 5.74) is 5.87. The van der Waals surface area contributed by atoms with Gasteiger partial charge in [0.15, 0.2) is 0 Å². The van der Waals surface area contributed by atoms with Gasteiger partial charge in [-0.25, -0.2) is 4.98 Å². The number of halogens is 3. The number of nitrogen functional groups attached to an aromatic ring is 1. The van der Waals surface area contributed by atoms with E-state index < -0.39 is 11.7 Å². The van der Waals surface area contributed by atoms with Crippen molar-refractivity contribution in [3.63, 3.8) is 0 Å². The number of alkyl halides is 3. The Bertz CT molecular complexity index is 607. The van der Waals surface area contributed by atoms with Crippen LogP contribution in [0.2, 0.25) is 0 Å². The number of ether oxygens (including phenoxy) is 1. The molecule has 7 heteroatoms. The lowest BCUT2D eigenvalue weighted by molar-refractivity contribution is -0.137. The number of fused-ring (bicyclic) bond motifs is 1. The van der Waals surface area contributed by atoms with Crippen molar-refractivity contribution in [3.05, 3.63) is 23.8 Å². The monoisotopic (exact) mass is 301 g/mol. The molecule has 0 atom stereocenters. The topological polar surface area (TPSA) is 53.1 Å². The molecule has 1 aromatic heterocycles. The average Bonchev–Trinajstić information content (AvgIpc) is 2.73. The molecule has 0 amide bonds. The molecular formula is C14H18F3N3O. The number of unbranched alkanes of at least 4 members (excludes halogenated alkanes) is 1. The summed E-state index contributed by atoms with van der Waals surface area (Å²) in [4.78, 5) is 3.99. The number of imidazole rings is 1. The van der Waals surface area contributed by atoms with E-state index in [0.29, 0.717) is 25.3 Å². The molecule has 2 aromatic rings. The highest BCUT2D eigenvalue weighted by Crippen LogP contribution is 2.31. The minimum absolute atomic E-state index is 0.198. The van der Waals surface area contributed by atoms with Gasteiger partial charge in [0.2, 0.25) is 5.95 Å². The van der Waals surface area contributed by atoms with Crippen molar-refractivity contribution in [2.75, 3.05) is 18.9 Å². The molecule has 0 spiro atoms. The molecule has 0 bridgehead atoms. The third-order valence-electron chi connectivity index (χ3n) is 3.21. The van der Waals surface area contributed by atoms with E-state index in [1.165, 1.54) is 6.07 Å². The molecule has 4 nitrogen and oxygen atoms in total. The SMILES string of the molecule is CCCCOCCn1c(N)nc2cc(C(F)(F)F)ccc21. The Labute approximate surface area is 120 Å². The fourth-order valence-electron chi connectivity index (χ4n) is 2.06. The zero-order chi connectivity index (χ0) is 15.5. The van der Waals surface area contributed by atoms with Crippen LogP contribution in [0.1, 0.15) is 25.3 Å². The molecular weight excluding hydrogens is 283 g/mol. The van der Waals surface area contributed by atoms with E-state index in [2.05, 4.69) is 11.9 Å². The van der Waals surface area contributed by atoms with Gasteiger partial charge in [0.05, 0.1) is 23.2 Å². The molecule has 0 unspecified atom stereocenters.